The Bertz CT molecular complexity index is 369. The van der Waals surface area contributed by atoms with Gasteiger partial charge in [0, 0.05) is 19.0 Å². The van der Waals surface area contributed by atoms with Gasteiger partial charge in [0.2, 0.25) is 5.91 Å². The summed E-state index contributed by atoms with van der Waals surface area (Å²) in [4.78, 5) is 12.6. The molecule has 0 saturated carbocycles. The van der Waals surface area contributed by atoms with E-state index in [-0.39, 0.29) is 30.6 Å². The molecule has 1 atom stereocenters. The van der Waals surface area contributed by atoms with E-state index in [1.165, 1.54) is 0 Å². The van der Waals surface area contributed by atoms with Crippen LogP contribution in [-0.2, 0) is 14.6 Å². The van der Waals surface area contributed by atoms with Crippen molar-refractivity contribution >= 4 is 15.7 Å². The Morgan fingerprint density at radius 1 is 1.33 bits per heavy atom. The van der Waals surface area contributed by atoms with Gasteiger partial charge < -0.3 is 10.8 Å². The van der Waals surface area contributed by atoms with E-state index in [1.54, 1.807) is 0 Å². The first-order chi connectivity index (χ1) is 8.44. The molecule has 1 aliphatic heterocycles. The van der Waals surface area contributed by atoms with Gasteiger partial charge in [-0.3, -0.25) is 9.69 Å². The van der Waals surface area contributed by atoms with E-state index in [0.29, 0.717) is 6.54 Å². The van der Waals surface area contributed by atoms with Crippen molar-refractivity contribution in [2.75, 3.05) is 31.2 Å². The molecule has 1 heterocycles. The van der Waals surface area contributed by atoms with Crippen LogP contribution in [0.25, 0.3) is 0 Å². The van der Waals surface area contributed by atoms with Crippen LogP contribution in [0, 0.1) is 0 Å². The molecule has 1 amide bonds. The number of rotatable bonds is 7. The Hall–Kier alpha value is -0.660. The average Bonchev–Trinajstić information content (AvgIpc) is 2.34. The fourth-order valence-electron chi connectivity index (χ4n) is 2.18. The Labute approximate surface area is 108 Å². The van der Waals surface area contributed by atoms with Crippen LogP contribution >= 0.6 is 0 Å². The fraction of sp³-hybridized carbons (Fsp3) is 0.909. The fourth-order valence-corrected chi connectivity index (χ4v) is 3.40. The molecule has 106 valence electrons. The second-order valence-corrected chi connectivity index (χ2v) is 7.04. The lowest BCUT2D eigenvalue weighted by Crippen LogP contribution is -2.44. The van der Waals surface area contributed by atoms with Crippen LogP contribution in [0.4, 0.5) is 0 Å². The Morgan fingerprint density at radius 3 is 2.67 bits per heavy atom. The summed E-state index contributed by atoms with van der Waals surface area (Å²) >= 11 is 0. The number of carbonyl (C=O) groups excluding carboxylic acids is 1. The molecular formula is C11H22N2O4S. The van der Waals surface area contributed by atoms with Gasteiger partial charge in [0.25, 0.3) is 0 Å². The smallest absolute Gasteiger partial charge is 0.218 e. The highest BCUT2D eigenvalue weighted by Crippen LogP contribution is 2.16. The van der Waals surface area contributed by atoms with Gasteiger partial charge in [0.05, 0.1) is 18.1 Å². The van der Waals surface area contributed by atoms with Crippen molar-refractivity contribution in [1.29, 1.82) is 0 Å². The largest absolute Gasteiger partial charge is 0.395 e. The predicted molar refractivity (Wildman–Crippen MR) is 68.8 cm³/mol. The molecule has 6 nitrogen and oxygen atoms in total. The maximum atomic E-state index is 11.7. The van der Waals surface area contributed by atoms with Gasteiger partial charge >= 0.3 is 0 Å². The predicted octanol–water partition coefficient (Wildman–Crippen LogP) is -0.877. The van der Waals surface area contributed by atoms with Crippen molar-refractivity contribution in [3.8, 4) is 0 Å². The Morgan fingerprint density at radius 2 is 2.06 bits per heavy atom. The topological polar surface area (TPSA) is 101 Å². The van der Waals surface area contributed by atoms with Crippen LogP contribution in [0.5, 0.6) is 0 Å². The maximum absolute atomic E-state index is 11.7. The average molecular weight is 278 g/mol. The van der Waals surface area contributed by atoms with E-state index in [2.05, 4.69) is 0 Å². The summed E-state index contributed by atoms with van der Waals surface area (Å²) in [5.74, 6) is -0.749. The first kappa shape index (κ1) is 15.4. The van der Waals surface area contributed by atoms with Crippen LogP contribution < -0.4 is 5.73 Å². The summed E-state index contributed by atoms with van der Waals surface area (Å²) in [5.41, 5.74) is 4.94. The monoisotopic (exact) mass is 278 g/mol. The minimum Gasteiger partial charge on any atom is -0.395 e. The van der Waals surface area contributed by atoms with Gasteiger partial charge in [-0.2, -0.15) is 0 Å². The van der Waals surface area contributed by atoms with Crippen LogP contribution in [0.15, 0.2) is 0 Å². The molecule has 1 unspecified atom stereocenters. The molecule has 0 aliphatic carbocycles. The van der Waals surface area contributed by atoms with Gasteiger partial charge in [-0.1, -0.05) is 6.42 Å². The lowest BCUT2D eigenvalue weighted by molar-refractivity contribution is -0.117. The molecule has 0 bridgehead atoms. The first-order valence-electron chi connectivity index (χ1n) is 6.28. The molecule has 0 aromatic carbocycles. The number of amides is 1. The zero-order valence-corrected chi connectivity index (χ0v) is 11.4. The van der Waals surface area contributed by atoms with Crippen LogP contribution in [0.3, 0.4) is 0 Å². The number of aliphatic hydroxyl groups excluding tert-OH is 1. The highest BCUT2D eigenvalue weighted by molar-refractivity contribution is 7.91. The highest BCUT2D eigenvalue weighted by Gasteiger charge is 2.23. The summed E-state index contributed by atoms with van der Waals surface area (Å²) in [6.07, 6.45) is 2.91. The zero-order chi connectivity index (χ0) is 13.6. The van der Waals surface area contributed by atoms with E-state index in [1.807, 2.05) is 4.90 Å². The van der Waals surface area contributed by atoms with Gasteiger partial charge in [0.1, 0.15) is 0 Å². The number of likely N-dealkylation sites (tertiary alicyclic amines) is 1. The Kier molecular flexibility index (Phi) is 6.04. The van der Waals surface area contributed by atoms with Crippen molar-refractivity contribution in [1.82, 2.24) is 4.90 Å². The molecular weight excluding hydrogens is 256 g/mol. The number of aliphatic hydroxyl groups is 1. The highest BCUT2D eigenvalue weighted by atomic mass is 32.2. The number of nitrogens with two attached hydrogens (primary N) is 1. The lowest BCUT2D eigenvalue weighted by Gasteiger charge is -2.34. The van der Waals surface area contributed by atoms with Crippen molar-refractivity contribution in [2.24, 2.45) is 5.73 Å². The second-order valence-electron chi connectivity index (χ2n) is 4.74. The third-order valence-electron chi connectivity index (χ3n) is 3.31. The van der Waals surface area contributed by atoms with Crippen LogP contribution in [-0.4, -0.2) is 61.6 Å². The third kappa shape index (κ3) is 5.32. The molecule has 0 spiro atoms. The SMILES string of the molecule is NC(=O)CCS(=O)(=O)CCN1CCCCC1CO. The van der Waals surface area contributed by atoms with Crippen LogP contribution in [0.2, 0.25) is 0 Å². The molecule has 0 radical (unpaired) electrons. The molecule has 3 N–H and O–H groups in total. The van der Waals surface area contributed by atoms with Crippen molar-refractivity contribution in [3.05, 3.63) is 0 Å². The van der Waals surface area contributed by atoms with Gasteiger partial charge in [-0.05, 0) is 19.4 Å². The molecule has 0 aromatic heterocycles. The lowest BCUT2D eigenvalue weighted by atomic mass is 10.0. The standard InChI is InChI=1S/C11H22N2O4S/c12-11(15)4-7-18(16,17)8-6-13-5-2-1-3-10(13)9-14/h10,14H,1-9H2,(H2,12,15). The van der Waals surface area contributed by atoms with Crippen molar-refractivity contribution in [3.63, 3.8) is 0 Å². The van der Waals surface area contributed by atoms with Gasteiger partial charge in [0.15, 0.2) is 9.84 Å². The molecule has 18 heavy (non-hydrogen) atoms. The van der Waals surface area contributed by atoms with Crippen LogP contribution in [0.1, 0.15) is 25.7 Å². The molecule has 7 heteroatoms. The van der Waals surface area contributed by atoms with Gasteiger partial charge in [-0.15, -0.1) is 0 Å². The van der Waals surface area contributed by atoms with Gasteiger partial charge in [-0.25, -0.2) is 8.42 Å². The maximum Gasteiger partial charge on any atom is 0.218 e. The number of primary amides is 1. The Balaban J connectivity index is 2.40. The summed E-state index contributed by atoms with van der Waals surface area (Å²) < 4.78 is 23.4. The quantitative estimate of drug-likeness (QED) is 0.630. The number of piperidine rings is 1. The minimum atomic E-state index is -3.23. The molecule has 1 rings (SSSR count). The number of carbonyl (C=O) groups is 1. The second kappa shape index (κ2) is 7.06. The van der Waals surface area contributed by atoms with Crippen molar-refractivity contribution in [2.45, 2.75) is 31.7 Å². The van der Waals surface area contributed by atoms with E-state index >= 15 is 0 Å². The summed E-state index contributed by atoms with van der Waals surface area (Å²) in [6.45, 7) is 1.32. The number of nitrogens with zero attached hydrogens (tertiary/aromatic N) is 1. The molecule has 1 aliphatic rings. The zero-order valence-electron chi connectivity index (χ0n) is 10.5. The minimum absolute atomic E-state index is 0.0246. The van der Waals surface area contributed by atoms with E-state index in [9.17, 15) is 18.3 Å². The normalized spacial score (nSPS) is 21.9. The van der Waals surface area contributed by atoms with Crippen molar-refractivity contribution < 1.29 is 18.3 Å². The third-order valence-corrected chi connectivity index (χ3v) is 4.94. The molecule has 1 fully saturated rings. The molecule has 0 aromatic rings. The summed E-state index contributed by atoms with van der Waals surface area (Å²) in [5, 5.41) is 9.21. The van der Waals surface area contributed by atoms with E-state index in [0.717, 1.165) is 25.8 Å². The number of hydrogen-bond donors (Lipinski definition) is 2. The number of sulfone groups is 1. The summed E-state index contributed by atoms with van der Waals surface area (Å²) in [6, 6.07) is 0.0742. The molecule has 1 saturated heterocycles. The summed E-state index contributed by atoms with van der Waals surface area (Å²) in [7, 11) is -3.23. The van der Waals surface area contributed by atoms with E-state index < -0.39 is 15.7 Å². The number of hydrogen-bond acceptors (Lipinski definition) is 5. The first-order valence-corrected chi connectivity index (χ1v) is 8.10. The van der Waals surface area contributed by atoms with E-state index in [4.69, 9.17) is 5.73 Å².